The van der Waals surface area contributed by atoms with Gasteiger partial charge in [0.2, 0.25) is 0 Å². The van der Waals surface area contributed by atoms with Crippen molar-refractivity contribution in [2.24, 2.45) is 0 Å². The van der Waals surface area contributed by atoms with E-state index in [1.165, 1.54) is 7.11 Å². The fraction of sp³-hybridized carbons (Fsp3) is 0.833. The van der Waals surface area contributed by atoms with Gasteiger partial charge in [-0.2, -0.15) is 0 Å². The summed E-state index contributed by atoms with van der Waals surface area (Å²) in [5.74, 6) is -0.322. The fourth-order valence-corrected chi connectivity index (χ4v) is 1.79. The van der Waals surface area contributed by atoms with E-state index in [1.807, 2.05) is 0 Å². The van der Waals surface area contributed by atoms with Crippen molar-refractivity contribution in [3.8, 4) is 0 Å². The third-order valence-electron chi connectivity index (χ3n) is 2.93. The first-order chi connectivity index (χ1) is 9.19. The van der Waals surface area contributed by atoms with Crippen LogP contribution in [0.1, 0.15) is 6.42 Å². The summed E-state index contributed by atoms with van der Waals surface area (Å²) in [5.41, 5.74) is 0. The van der Waals surface area contributed by atoms with E-state index in [4.69, 9.17) is 9.47 Å². The van der Waals surface area contributed by atoms with Gasteiger partial charge in [-0.15, -0.1) is 0 Å². The molecule has 7 heteroatoms. The van der Waals surface area contributed by atoms with Gasteiger partial charge in [0.1, 0.15) is 0 Å². The monoisotopic (exact) mass is 274 g/mol. The minimum absolute atomic E-state index is 0.0794. The Kier molecular flexibility index (Phi) is 7.20. The Morgan fingerprint density at radius 2 is 1.89 bits per heavy atom. The maximum atomic E-state index is 12.3. The van der Waals surface area contributed by atoms with Crippen LogP contribution in [0, 0.1) is 0 Å². The number of rotatable bonds is 6. The van der Waals surface area contributed by atoms with E-state index in [1.54, 1.807) is 16.9 Å². The van der Waals surface area contributed by atoms with Gasteiger partial charge in [0.15, 0.2) is 0 Å². The molecule has 0 bridgehead atoms. The average Bonchev–Trinajstić information content (AvgIpc) is 2.47. The van der Waals surface area contributed by atoms with Crippen LogP contribution in [0.25, 0.3) is 0 Å². The Morgan fingerprint density at radius 3 is 2.47 bits per heavy atom. The van der Waals surface area contributed by atoms with Crippen LogP contribution in [0.2, 0.25) is 0 Å². The molecule has 1 aliphatic heterocycles. The Balaban J connectivity index is 2.50. The Hall–Kier alpha value is -1.34. The quantitative estimate of drug-likeness (QED) is 0.635. The number of hydrogen-bond acceptors (Lipinski definition) is 5. The maximum absolute atomic E-state index is 12.3. The lowest BCUT2D eigenvalue weighted by molar-refractivity contribution is -0.140. The van der Waals surface area contributed by atoms with Crippen LogP contribution in [0.4, 0.5) is 4.79 Å². The number of amides is 2. The lowest BCUT2D eigenvalue weighted by atomic mass is 10.3. The zero-order valence-electron chi connectivity index (χ0n) is 11.6. The second-order valence-electron chi connectivity index (χ2n) is 4.19. The van der Waals surface area contributed by atoms with Crippen molar-refractivity contribution in [1.29, 1.82) is 0 Å². The van der Waals surface area contributed by atoms with Gasteiger partial charge in [0, 0.05) is 33.3 Å². The summed E-state index contributed by atoms with van der Waals surface area (Å²) in [6.07, 6.45) is 0.191. The van der Waals surface area contributed by atoms with Crippen LogP contribution < -0.4 is 0 Å². The highest BCUT2D eigenvalue weighted by Crippen LogP contribution is 2.05. The van der Waals surface area contributed by atoms with Crippen molar-refractivity contribution in [3.63, 3.8) is 0 Å². The van der Waals surface area contributed by atoms with Gasteiger partial charge in [-0.1, -0.05) is 0 Å². The highest BCUT2D eigenvalue weighted by atomic mass is 16.5. The summed E-state index contributed by atoms with van der Waals surface area (Å²) in [6, 6.07) is -0.0794. The molecule has 0 N–H and O–H groups in total. The molecular weight excluding hydrogens is 252 g/mol. The molecule has 1 fully saturated rings. The zero-order chi connectivity index (χ0) is 14.1. The SMILES string of the molecule is COCCN(CCC(=O)OC)C(=O)N1CCOCC1. The van der Waals surface area contributed by atoms with Crippen molar-refractivity contribution >= 4 is 12.0 Å². The molecule has 0 radical (unpaired) electrons. The lowest BCUT2D eigenvalue weighted by Crippen LogP contribution is -2.49. The molecule has 1 saturated heterocycles. The molecule has 0 aromatic rings. The molecule has 2 amide bonds. The predicted octanol–water partition coefficient (Wildman–Crippen LogP) is -0.0499. The van der Waals surface area contributed by atoms with E-state index < -0.39 is 0 Å². The Labute approximate surface area is 113 Å². The van der Waals surface area contributed by atoms with Crippen LogP contribution in [0.3, 0.4) is 0 Å². The first-order valence-corrected chi connectivity index (χ1v) is 6.36. The number of esters is 1. The molecule has 19 heavy (non-hydrogen) atoms. The topological polar surface area (TPSA) is 68.3 Å². The van der Waals surface area contributed by atoms with Crippen LogP contribution in [-0.2, 0) is 19.0 Å². The molecule has 110 valence electrons. The minimum Gasteiger partial charge on any atom is -0.469 e. The van der Waals surface area contributed by atoms with E-state index in [-0.39, 0.29) is 18.4 Å². The number of methoxy groups -OCH3 is 2. The molecule has 0 unspecified atom stereocenters. The first kappa shape index (κ1) is 15.7. The van der Waals surface area contributed by atoms with Crippen LogP contribution >= 0.6 is 0 Å². The number of hydrogen-bond donors (Lipinski definition) is 0. The van der Waals surface area contributed by atoms with Crippen LogP contribution in [0.15, 0.2) is 0 Å². The third-order valence-corrected chi connectivity index (χ3v) is 2.93. The second-order valence-corrected chi connectivity index (χ2v) is 4.19. The van der Waals surface area contributed by atoms with Gasteiger partial charge in [-0.25, -0.2) is 4.79 Å². The molecule has 0 atom stereocenters. The standard InChI is InChI=1S/C12H22N2O5/c1-17-8-5-13(4-3-11(15)18-2)12(16)14-6-9-19-10-7-14/h3-10H2,1-2H3. The second kappa shape index (κ2) is 8.71. The van der Waals surface area contributed by atoms with Gasteiger partial charge in [0.25, 0.3) is 0 Å². The smallest absolute Gasteiger partial charge is 0.320 e. The minimum atomic E-state index is -0.322. The maximum Gasteiger partial charge on any atom is 0.320 e. The van der Waals surface area contributed by atoms with Crippen molar-refractivity contribution in [3.05, 3.63) is 0 Å². The average molecular weight is 274 g/mol. The predicted molar refractivity (Wildman–Crippen MR) is 67.9 cm³/mol. The third kappa shape index (κ3) is 5.44. The summed E-state index contributed by atoms with van der Waals surface area (Å²) in [5, 5.41) is 0. The van der Waals surface area contributed by atoms with Crippen LogP contribution in [-0.4, -0.2) is 82.0 Å². The number of morpholine rings is 1. The molecule has 1 heterocycles. The summed E-state index contributed by atoms with van der Waals surface area (Å²) >= 11 is 0. The first-order valence-electron chi connectivity index (χ1n) is 6.36. The van der Waals surface area contributed by atoms with E-state index >= 15 is 0 Å². The number of carbonyl (C=O) groups excluding carboxylic acids is 2. The highest BCUT2D eigenvalue weighted by Gasteiger charge is 2.23. The van der Waals surface area contributed by atoms with Gasteiger partial charge >= 0.3 is 12.0 Å². The van der Waals surface area contributed by atoms with E-state index in [2.05, 4.69) is 4.74 Å². The van der Waals surface area contributed by atoms with Crippen LogP contribution in [0.5, 0.6) is 0 Å². The fourth-order valence-electron chi connectivity index (χ4n) is 1.79. The van der Waals surface area contributed by atoms with Gasteiger partial charge in [-0.05, 0) is 0 Å². The summed E-state index contributed by atoms with van der Waals surface area (Å²) < 4.78 is 14.8. The largest absolute Gasteiger partial charge is 0.469 e. The number of ether oxygens (including phenoxy) is 3. The van der Waals surface area contributed by atoms with Crippen molar-refractivity contribution in [1.82, 2.24) is 9.80 Å². The van der Waals surface area contributed by atoms with Crippen molar-refractivity contribution in [2.75, 3.05) is 60.2 Å². The molecule has 1 aliphatic rings. The Morgan fingerprint density at radius 1 is 1.21 bits per heavy atom. The summed E-state index contributed by atoms with van der Waals surface area (Å²) in [4.78, 5) is 26.8. The molecule has 0 aliphatic carbocycles. The number of nitrogens with zero attached hydrogens (tertiary/aromatic N) is 2. The number of urea groups is 1. The van der Waals surface area contributed by atoms with Gasteiger partial charge in [0.05, 0.1) is 33.4 Å². The van der Waals surface area contributed by atoms with Gasteiger partial charge in [-0.3, -0.25) is 4.79 Å². The van der Waals surface area contributed by atoms with E-state index in [0.717, 1.165) is 0 Å². The van der Waals surface area contributed by atoms with E-state index in [0.29, 0.717) is 46.0 Å². The summed E-state index contributed by atoms with van der Waals surface area (Å²) in [6.45, 7) is 3.52. The molecule has 0 aromatic carbocycles. The molecule has 7 nitrogen and oxygen atoms in total. The Bertz CT molecular complexity index is 292. The van der Waals surface area contributed by atoms with E-state index in [9.17, 15) is 9.59 Å². The summed E-state index contributed by atoms with van der Waals surface area (Å²) in [7, 11) is 2.92. The zero-order valence-corrected chi connectivity index (χ0v) is 11.6. The van der Waals surface area contributed by atoms with Crippen molar-refractivity contribution in [2.45, 2.75) is 6.42 Å². The van der Waals surface area contributed by atoms with Crippen molar-refractivity contribution < 1.29 is 23.8 Å². The highest BCUT2D eigenvalue weighted by molar-refractivity contribution is 5.76. The number of carbonyl (C=O) groups is 2. The molecule has 0 spiro atoms. The molecule has 0 saturated carbocycles. The molecule has 1 rings (SSSR count). The lowest BCUT2D eigenvalue weighted by Gasteiger charge is -2.32. The molecule has 0 aromatic heterocycles. The van der Waals surface area contributed by atoms with Gasteiger partial charge < -0.3 is 24.0 Å². The molecular formula is C12H22N2O5. The normalized spacial score (nSPS) is 15.2.